The summed E-state index contributed by atoms with van der Waals surface area (Å²) in [6.45, 7) is 4.47. The highest BCUT2D eigenvalue weighted by atomic mass is 35.5. The normalized spacial score (nSPS) is 10.8. The minimum Gasteiger partial charge on any atom is -0.326 e. The highest BCUT2D eigenvalue weighted by molar-refractivity contribution is 6.30. The first-order valence-electron chi connectivity index (χ1n) is 6.09. The molecular formula is C13H15ClN4O2. The van der Waals surface area contributed by atoms with Gasteiger partial charge in [-0.2, -0.15) is 5.10 Å². The molecule has 0 amide bonds. The number of nitrogens with zero attached hydrogens (tertiary/aromatic N) is 3. The SMILES string of the molecule is Cc1nn(Cc2cc(Cl)ccc2[N+](=O)[O-])c(C)c1CN. The number of benzene rings is 1. The molecule has 0 aliphatic carbocycles. The van der Waals surface area contributed by atoms with Crippen molar-refractivity contribution in [2.75, 3.05) is 0 Å². The zero-order chi connectivity index (χ0) is 14.9. The van der Waals surface area contributed by atoms with Gasteiger partial charge >= 0.3 is 0 Å². The van der Waals surface area contributed by atoms with Gasteiger partial charge < -0.3 is 5.73 Å². The lowest BCUT2D eigenvalue weighted by Crippen LogP contribution is -2.07. The van der Waals surface area contributed by atoms with Gasteiger partial charge in [-0.25, -0.2) is 0 Å². The highest BCUT2D eigenvalue weighted by Gasteiger charge is 2.17. The first-order valence-corrected chi connectivity index (χ1v) is 6.47. The van der Waals surface area contributed by atoms with E-state index in [-0.39, 0.29) is 5.69 Å². The number of nitro groups is 1. The predicted molar refractivity (Wildman–Crippen MR) is 76.8 cm³/mol. The summed E-state index contributed by atoms with van der Waals surface area (Å²) in [5.74, 6) is 0. The van der Waals surface area contributed by atoms with E-state index in [4.69, 9.17) is 17.3 Å². The molecule has 1 heterocycles. The maximum absolute atomic E-state index is 11.0. The van der Waals surface area contributed by atoms with Crippen LogP contribution in [0.3, 0.4) is 0 Å². The minimum atomic E-state index is -0.415. The van der Waals surface area contributed by atoms with E-state index in [0.717, 1.165) is 17.0 Å². The predicted octanol–water partition coefficient (Wildman–Crippen LogP) is 2.57. The largest absolute Gasteiger partial charge is 0.326 e. The number of rotatable bonds is 4. The van der Waals surface area contributed by atoms with Gasteiger partial charge in [-0.3, -0.25) is 14.8 Å². The Morgan fingerprint density at radius 1 is 1.45 bits per heavy atom. The Balaban J connectivity index is 2.44. The molecule has 106 valence electrons. The maximum Gasteiger partial charge on any atom is 0.274 e. The van der Waals surface area contributed by atoms with E-state index >= 15 is 0 Å². The monoisotopic (exact) mass is 294 g/mol. The maximum atomic E-state index is 11.0. The van der Waals surface area contributed by atoms with Crippen LogP contribution < -0.4 is 5.73 Å². The molecule has 0 aliphatic rings. The Morgan fingerprint density at radius 3 is 2.70 bits per heavy atom. The summed E-state index contributed by atoms with van der Waals surface area (Å²) in [4.78, 5) is 10.6. The van der Waals surface area contributed by atoms with Crippen molar-refractivity contribution in [3.63, 3.8) is 0 Å². The van der Waals surface area contributed by atoms with E-state index in [0.29, 0.717) is 23.7 Å². The molecule has 0 saturated heterocycles. The van der Waals surface area contributed by atoms with Crippen molar-refractivity contribution in [1.82, 2.24) is 9.78 Å². The van der Waals surface area contributed by atoms with Crippen molar-refractivity contribution in [1.29, 1.82) is 0 Å². The van der Waals surface area contributed by atoms with Crippen molar-refractivity contribution in [3.05, 3.63) is 55.9 Å². The fourth-order valence-corrected chi connectivity index (χ4v) is 2.40. The van der Waals surface area contributed by atoms with Crippen LogP contribution in [0.15, 0.2) is 18.2 Å². The molecular weight excluding hydrogens is 280 g/mol. The number of aryl methyl sites for hydroxylation is 1. The third kappa shape index (κ3) is 2.66. The van der Waals surface area contributed by atoms with E-state index in [9.17, 15) is 10.1 Å². The number of aromatic nitrogens is 2. The molecule has 20 heavy (non-hydrogen) atoms. The van der Waals surface area contributed by atoms with Gasteiger partial charge in [0.2, 0.25) is 0 Å². The second-order valence-electron chi connectivity index (χ2n) is 4.54. The second-order valence-corrected chi connectivity index (χ2v) is 4.98. The summed E-state index contributed by atoms with van der Waals surface area (Å²) >= 11 is 5.92. The van der Waals surface area contributed by atoms with Gasteiger partial charge in [0.05, 0.1) is 22.7 Å². The molecule has 0 unspecified atom stereocenters. The summed E-state index contributed by atoms with van der Waals surface area (Å²) in [6.07, 6.45) is 0. The molecule has 7 heteroatoms. The zero-order valence-electron chi connectivity index (χ0n) is 11.3. The molecule has 2 N–H and O–H groups in total. The summed E-state index contributed by atoms with van der Waals surface area (Å²) in [7, 11) is 0. The van der Waals surface area contributed by atoms with Gasteiger partial charge in [0.1, 0.15) is 0 Å². The van der Waals surface area contributed by atoms with Crippen LogP contribution in [-0.4, -0.2) is 14.7 Å². The van der Waals surface area contributed by atoms with Gasteiger partial charge in [0.25, 0.3) is 5.69 Å². The van der Waals surface area contributed by atoms with Gasteiger partial charge in [0, 0.05) is 28.9 Å². The van der Waals surface area contributed by atoms with Gasteiger partial charge in [-0.15, -0.1) is 0 Å². The smallest absolute Gasteiger partial charge is 0.274 e. The Labute approximate surface area is 121 Å². The lowest BCUT2D eigenvalue weighted by Gasteiger charge is -2.06. The number of hydrogen-bond acceptors (Lipinski definition) is 4. The van der Waals surface area contributed by atoms with Crippen LogP contribution in [0.5, 0.6) is 0 Å². The average Bonchev–Trinajstić information content (AvgIpc) is 2.63. The van der Waals surface area contributed by atoms with Crippen LogP contribution in [0.2, 0.25) is 5.02 Å². The third-order valence-corrected chi connectivity index (χ3v) is 3.53. The highest BCUT2D eigenvalue weighted by Crippen LogP contribution is 2.24. The average molecular weight is 295 g/mol. The molecule has 0 aliphatic heterocycles. The number of halogens is 1. The molecule has 2 rings (SSSR count). The number of nitro benzene ring substituents is 1. The van der Waals surface area contributed by atoms with Crippen molar-refractivity contribution in [2.45, 2.75) is 26.9 Å². The molecule has 0 atom stereocenters. The molecule has 0 radical (unpaired) electrons. The lowest BCUT2D eigenvalue weighted by atomic mass is 10.1. The van der Waals surface area contributed by atoms with E-state index in [1.807, 2.05) is 13.8 Å². The molecule has 0 saturated carbocycles. The molecule has 1 aromatic carbocycles. The van der Waals surface area contributed by atoms with Crippen molar-refractivity contribution in [2.24, 2.45) is 5.73 Å². The van der Waals surface area contributed by atoms with Gasteiger partial charge in [-0.05, 0) is 26.0 Å². The summed E-state index contributed by atoms with van der Waals surface area (Å²) in [5, 5.41) is 15.9. The molecule has 0 bridgehead atoms. The fraction of sp³-hybridized carbons (Fsp3) is 0.308. The lowest BCUT2D eigenvalue weighted by molar-refractivity contribution is -0.385. The quantitative estimate of drug-likeness (QED) is 0.693. The van der Waals surface area contributed by atoms with E-state index in [2.05, 4.69) is 5.10 Å². The van der Waals surface area contributed by atoms with E-state index in [1.54, 1.807) is 10.7 Å². The van der Waals surface area contributed by atoms with Crippen LogP contribution in [-0.2, 0) is 13.1 Å². The number of nitrogens with two attached hydrogens (primary N) is 1. The van der Waals surface area contributed by atoms with Gasteiger partial charge in [0.15, 0.2) is 0 Å². The second kappa shape index (κ2) is 5.60. The number of hydrogen-bond donors (Lipinski definition) is 1. The zero-order valence-corrected chi connectivity index (χ0v) is 12.0. The Bertz CT molecular complexity index is 667. The van der Waals surface area contributed by atoms with Crippen molar-refractivity contribution in [3.8, 4) is 0 Å². The first kappa shape index (κ1) is 14.5. The Morgan fingerprint density at radius 2 is 2.15 bits per heavy atom. The van der Waals surface area contributed by atoms with Gasteiger partial charge in [-0.1, -0.05) is 11.6 Å². The van der Waals surface area contributed by atoms with E-state index < -0.39 is 4.92 Å². The molecule has 6 nitrogen and oxygen atoms in total. The van der Waals surface area contributed by atoms with Crippen LogP contribution in [0.4, 0.5) is 5.69 Å². The standard InChI is InChI=1S/C13H15ClN4O2/c1-8-12(6-15)9(2)17(16-8)7-10-5-11(14)3-4-13(10)18(19)20/h3-5H,6-7,15H2,1-2H3. The Kier molecular flexibility index (Phi) is 4.06. The van der Waals surface area contributed by atoms with Crippen LogP contribution >= 0.6 is 11.6 Å². The first-order chi connectivity index (χ1) is 9.43. The van der Waals surface area contributed by atoms with E-state index in [1.165, 1.54) is 12.1 Å². The topological polar surface area (TPSA) is 87.0 Å². The minimum absolute atomic E-state index is 0.0382. The summed E-state index contributed by atoms with van der Waals surface area (Å²) < 4.78 is 1.72. The third-order valence-electron chi connectivity index (χ3n) is 3.29. The van der Waals surface area contributed by atoms with Crippen LogP contribution in [0.25, 0.3) is 0 Å². The Hall–Kier alpha value is -1.92. The molecule has 0 fully saturated rings. The molecule has 1 aromatic heterocycles. The van der Waals surface area contributed by atoms with Crippen molar-refractivity contribution >= 4 is 17.3 Å². The molecule has 0 spiro atoms. The molecule has 2 aromatic rings. The van der Waals surface area contributed by atoms with Crippen molar-refractivity contribution < 1.29 is 4.92 Å². The van der Waals surface area contributed by atoms with Crippen LogP contribution in [0.1, 0.15) is 22.5 Å². The summed E-state index contributed by atoms with van der Waals surface area (Å²) in [5.41, 5.74) is 8.97. The van der Waals surface area contributed by atoms with Crippen LogP contribution in [0, 0.1) is 24.0 Å². The fourth-order valence-electron chi connectivity index (χ4n) is 2.20. The summed E-state index contributed by atoms with van der Waals surface area (Å²) in [6, 6.07) is 4.52.